The fraction of sp³-hybridized carbons (Fsp3) is 0.294. The molecule has 0 saturated heterocycles. The summed E-state index contributed by atoms with van der Waals surface area (Å²) in [6.45, 7) is 0.0458. The average molecular weight is 284 g/mol. The highest BCUT2D eigenvalue weighted by molar-refractivity contribution is 5.76. The minimum absolute atomic E-state index is 0.00545. The average Bonchev–Trinajstić information content (AvgIpc) is 2.54. The first-order valence-electron chi connectivity index (χ1n) is 7.13. The molecule has 1 atom stereocenters. The van der Waals surface area contributed by atoms with Crippen molar-refractivity contribution in [2.75, 3.05) is 6.61 Å². The van der Waals surface area contributed by atoms with E-state index < -0.39 is 0 Å². The number of hydrogen-bond donors (Lipinski definition) is 2. The molecule has 0 fully saturated rings. The molecule has 2 aromatic rings. The summed E-state index contributed by atoms with van der Waals surface area (Å²) >= 11 is 0. The number of hydrogen-bond acceptors (Lipinski definition) is 3. The zero-order valence-electron chi connectivity index (χ0n) is 11.9. The largest absolute Gasteiger partial charge is 0.396 e. The van der Waals surface area contributed by atoms with Gasteiger partial charge in [-0.2, -0.15) is 0 Å². The molecule has 0 spiro atoms. The first kappa shape index (κ1) is 15.2. The highest BCUT2D eigenvalue weighted by atomic mass is 16.3. The minimum Gasteiger partial charge on any atom is -0.396 e. The van der Waals surface area contributed by atoms with E-state index in [1.165, 1.54) is 0 Å². The van der Waals surface area contributed by atoms with Gasteiger partial charge in [-0.25, -0.2) is 0 Å². The third kappa shape index (κ3) is 5.00. The Labute approximate surface area is 124 Å². The number of rotatable bonds is 7. The number of aliphatic hydroxyl groups excluding tert-OH is 1. The molecule has 0 bridgehead atoms. The number of amides is 1. The normalized spacial score (nSPS) is 11.9. The number of nitrogens with one attached hydrogen (secondary N) is 1. The number of pyridine rings is 1. The fourth-order valence-electron chi connectivity index (χ4n) is 2.21. The Kier molecular flexibility index (Phi) is 5.91. The Hall–Kier alpha value is -2.20. The van der Waals surface area contributed by atoms with Gasteiger partial charge in [-0.15, -0.1) is 0 Å². The van der Waals surface area contributed by atoms with Crippen LogP contribution in [0, 0.1) is 0 Å². The fourth-order valence-corrected chi connectivity index (χ4v) is 2.21. The van der Waals surface area contributed by atoms with Crippen LogP contribution in [0.4, 0.5) is 0 Å². The van der Waals surface area contributed by atoms with Crippen LogP contribution in [0.15, 0.2) is 54.9 Å². The number of nitrogens with zero attached hydrogens (tertiary/aromatic N) is 1. The molecule has 2 rings (SSSR count). The van der Waals surface area contributed by atoms with Crippen molar-refractivity contribution in [1.82, 2.24) is 10.3 Å². The second-order valence-electron chi connectivity index (χ2n) is 4.90. The van der Waals surface area contributed by atoms with Gasteiger partial charge in [0.15, 0.2) is 0 Å². The highest BCUT2D eigenvalue weighted by Crippen LogP contribution is 2.16. The van der Waals surface area contributed by atoms with Crippen LogP contribution in [0.1, 0.15) is 30.0 Å². The lowest BCUT2D eigenvalue weighted by molar-refractivity contribution is -0.121. The van der Waals surface area contributed by atoms with Gasteiger partial charge in [-0.3, -0.25) is 9.78 Å². The Bertz CT molecular complexity index is 543. The van der Waals surface area contributed by atoms with Crippen LogP contribution in [-0.4, -0.2) is 22.6 Å². The number of aliphatic hydroxyl groups is 1. The van der Waals surface area contributed by atoms with Crippen LogP contribution in [-0.2, 0) is 11.2 Å². The maximum Gasteiger partial charge on any atom is 0.220 e. The van der Waals surface area contributed by atoms with Crippen molar-refractivity contribution in [3.8, 4) is 0 Å². The molecule has 1 heterocycles. The van der Waals surface area contributed by atoms with E-state index in [2.05, 4.69) is 10.3 Å². The lowest BCUT2D eigenvalue weighted by Crippen LogP contribution is -2.29. The van der Waals surface area contributed by atoms with Crippen molar-refractivity contribution in [3.63, 3.8) is 0 Å². The Morgan fingerprint density at radius 1 is 1.14 bits per heavy atom. The first-order chi connectivity index (χ1) is 10.3. The maximum atomic E-state index is 12.1. The van der Waals surface area contributed by atoms with Crippen molar-refractivity contribution in [2.24, 2.45) is 0 Å². The van der Waals surface area contributed by atoms with Gasteiger partial charge in [0.05, 0.1) is 6.04 Å². The van der Waals surface area contributed by atoms with E-state index in [0.717, 1.165) is 11.1 Å². The van der Waals surface area contributed by atoms with Crippen LogP contribution in [0.5, 0.6) is 0 Å². The molecule has 0 aliphatic carbocycles. The van der Waals surface area contributed by atoms with Crippen LogP contribution in [0.25, 0.3) is 0 Å². The molecule has 1 aromatic heterocycles. The Morgan fingerprint density at radius 2 is 1.86 bits per heavy atom. The summed E-state index contributed by atoms with van der Waals surface area (Å²) in [7, 11) is 0. The van der Waals surface area contributed by atoms with Crippen LogP contribution in [0.3, 0.4) is 0 Å². The van der Waals surface area contributed by atoms with Gasteiger partial charge in [0.25, 0.3) is 0 Å². The predicted octanol–water partition coefficient (Wildman–Crippen LogP) is 2.25. The van der Waals surface area contributed by atoms with Crippen molar-refractivity contribution in [3.05, 3.63) is 66.0 Å². The molecule has 4 nitrogen and oxygen atoms in total. The van der Waals surface area contributed by atoms with Crippen molar-refractivity contribution in [1.29, 1.82) is 0 Å². The van der Waals surface area contributed by atoms with Crippen LogP contribution in [0.2, 0.25) is 0 Å². The van der Waals surface area contributed by atoms with E-state index in [1.54, 1.807) is 12.4 Å². The van der Waals surface area contributed by atoms with E-state index in [-0.39, 0.29) is 18.6 Å². The van der Waals surface area contributed by atoms with Gasteiger partial charge in [0.1, 0.15) is 0 Å². The second-order valence-corrected chi connectivity index (χ2v) is 4.90. The van der Waals surface area contributed by atoms with E-state index in [4.69, 9.17) is 5.11 Å². The van der Waals surface area contributed by atoms with E-state index in [0.29, 0.717) is 19.3 Å². The maximum absolute atomic E-state index is 12.1. The lowest BCUT2D eigenvalue weighted by Gasteiger charge is -2.18. The summed E-state index contributed by atoms with van der Waals surface area (Å²) in [6.07, 6.45) is 5.09. The molecule has 1 unspecified atom stereocenters. The molecule has 4 heteroatoms. The Morgan fingerprint density at radius 3 is 2.52 bits per heavy atom. The molecule has 1 aromatic carbocycles. The minimum atomic E-state index is -0.138. The summed E-state index contributed by atoms with van der Waals surface area (Å²) in [5.74, 6) is -0.00545. The van der Waals surface area contributed by atoms with Gasteiger partial charge < -0.3 is 10.4 Å². The quantitative estimate of drug-likeness (QED) is 0.819. The highest BCUT2D eigenvalue weighted by Gasteiger charge is 2.13. The summed E-state index contributed by atoms with van der Waals surface area (Å²) in [6, 6.07) is 13.4. The number of aromatic nitrogens is 1. The van der Waals surface area contributed by atoms with Gasteiger partial charge >= 0.3 is 0 Å². The number of carbonyl (C=O) groups is 1. The van der Waals surface area contributed by atoms with Crippen LogP contribution < -0.4 is 5.32 Å². The van der Waals surface area contributed by atoms with E-state index in [9.17, 15) is 4.79 Å². The molecule has 21 heavy (non-hydrogen) atoms. The molecule has 110 valence electrons. The molecule has 0 saturated carbocycles. The molecule has 0 aliphatic rings. The van der Waals surface area contributed by atoms with Crippen LogP contribution >= 0.6 is 0 Å². The summed E-state index contributed by atoms with van der Waals surface area (Å²) in [4.78, 5) is 16.0. The standard InChI is InChI=1S/C17H20N2O2/c20-13-10-16(15-4-2-1-3-5-15)19-17(21)7-6-14-8-11-18-12-9-14/h1-5,8-9,11-12,16,20H,6-7,10,13H2,(H,19,21). The monoisotopic (exact) mass is 284 g/mol. The number of aryl methyl sites for hydroxylation is 1. The molecular formula is C17H20N2O2. The van der Waals surface area contributed by atoms with Crippen molar-refractivity contribution in [2.45, 2.75) is 25.3 Å². The Balaban J connectivity index is 1.89. The summed E-state index contributed by atoms with van der Waals surface area (Å²) < 4.78 is 0. The smallest absolute Gasteiger partial charge is 0.220 e. The SMILES string of the molecule is O=C(CCc1ccncc1)NC(CCO)c1ccccc1. The van der Waals surface area contributed by atoms with Crippen molar-refractivity contribution < 1.29 is 9.90 Å². The second kappa shape index (κ2) is 8.17. The number of carbonyl (C=O) groups excluding carboxylic acids is 1. The van der Waals surface area contributed by atoms with Gasteiger partial charge in [0, 0.05) is 25.4 Å². The van der Waals surface area contributed by atoms with Crippen molar-refractivity contribution >= 4 is 5.91 Å². The molecule has 0 radical (unpaired) electrons. The predicted molar refractivity (Wildman–Crippen MR) is 81.6 cm³/mol. The van der Waals surface area contributed by atoms with Gasteiger partial charge in [-0.05, 0) is 36.1 Å². The summed E-state index contributed by atoms with van der Waals surface area (Å²) in [5, 5.41) is 12.2. The molecular weight excluding hydrogens is 264 g/mol. The van der Waals surface area contributed by atoms with E-state index >= 15 is 0 Å². The third-order valence-corrected chi connectivity index (χ3v) is 3.35. The van der Waals surface area contributed by atoms with E-state index in [1.807, 2.05) is 42.5 Å². The lowest BCUT2D eigenvalue weighted by atomic mass is 10.0. The zero-order chi connectivity index (χ0) is 14.9. The molecule has 1 amide bonds. The zero-order valence-corrected chi connectivity index (χ0v) is 11.9. The van der Waals surface area contributed by atoms with Gasteiger partial charge in [0.2, 0.25) is 5.91 Å². The number of benzene rings is 1. The molecule has 2 N–H and O–H groups in total. The topological polar surface area (TPSA) is 62.2 Å². The van der Waals surface area contributed by atoms with Gasteiger partial charge in [-0.1, -0.05) is 30.3 Å². The summed E-state index contributed by atoms with van der Waals surface area (Å²) in [5.41, 5.74) is 2.11. The molecule has 0 aliphatic heterocycles. The first-order valence-corrected chi connectivity index (χ1v) is 7.13. The third-order valence-electron chi connectivity index (χ3n) is 3.35.